The Morgan fingerprint density at radius 2 is 1.73 bits per heavy atom. The molecular weight excluding hydrogens is 418 g/mol. The van der Waals surface area contributed by atoms with Crippen LogP contribution in [0.3, 0.4) is 0 Å². The van der Waals surface area contributed by atoms with Gasteiger partial charge in [0.25, 0.3) is 0 Å². The monoisotopic (exact) mass is 439 g/mol. The van der Waals surface area contributed by atoms with Crippen LogP contribution in [0.1, 0.15) is 49.2 Å². The van der Waals surface area contributed by atoms with E-state index < -0.39 is 0 Å². The lowest BCUT2D eigenvalue weighted by atomic mass is 10.2. The van der Waals surface area contributed by atoms with E-state index in [1.165, 1.54) is 11.8 Å². The third kappa shape index (κ3) is 4.42. The van der Waals surface area contributed by atoms with Crippen molar-refractivity contribution >= 4 is 23.4 Å². The summed E-state index contributed by atoms with van der Waals surface area (Å²) in [6, 6.07) is 17.9. The van der Waals surface area contributed by atoms with Crippen molar-refractivity contribution in [1.82, 2.24) is 24.9 Å². The third-order valence-corrected chi connectivity index (χ3v) is 6.02. The summed E-state index contributed by atoms with van der Waals surface area (Å²) >= 11 is 7.99. The molecule has 2 aromatic carbocycles. The Bertz CT molecular complexity index is 1130. The molecule has 1 atom stereocenters. The Kier molecular flexibility index (Phi) is 6.20. The van der Waals surface area contributed by atoms with Crippen molar-refractivity contribution in [2.24, 2.45) is 0 Å². The molecule has 0 bridgehead atoms. The molecule has 4 aromatic rings. The predicted octanol–water partition coefficient (Wildman–Crippen LogP) is 6.01. The van der Waals surface area contributed by atoms with Gasteiger partial charge in [0.15, 0.2) is 16.8 Å². The van der Waals surface area contributed by atoms with Crippen molar-refractivity contribution < 1.29 is 4.52 Å². The fourth-order valence-electron chi connectivity index (χ4n) is 2.98. The molecule has 0 N–H and O–H groups in total. The van der Waals surface area contributed by atoms with E-state index in [0.29, 0.717) is 23.3 Å². The van der Waals surface area contributed by atoms with Crippen LogP contribution in [0.2, 0.25) is 5.02 Å². The minimum Gasteiger partial charge on any atom is -0.338 e. The Morgan fingerprint density at radius 3 is 2.43 bits per heavy atom. The summed E-state index contributed by atoms with van der Waals surface area (Å²) in [4.78, 5) is 4.52. The normalized spacial score (nSPS) is 12.4. The molecule has 2 heterocycles. The van der Waals surface area contributed by atoms with Crippen LogP contribution in [0.5, 0.6) is 0 Å². The molecule has 4 rings (SSSR count). The van der Waals surface area contributed by atoms with Crippen LogP contribution in [0, 0.1) is 0 Å². The average molecular weight is 440 g/mol. The summed E-state index contributed by atoms with van der Waals surface area (Å²) in [5.41, 5.74) is 2.00. The average Bonchev–Trinajstić information content (AvgIpc) is 3.38. The molecule has 8 heteroatoms. The molecule has 0 spiro atoms. The zero-order valence-corrected chi connectivity index (χ0v) is 18.6. The largest absolute Gasteiger partial charge is 0.338 e. The van der Waals surface area contributed by atoms with Gasteiger partial charge in [0.05, 0.1) is 16.8 Å². The van der Waals surface area contributed by atoms with Gasteiger partial charge in [-0.2, -0.15) is 4.98 Å². The second-order valence-corrected chi connectivity index (χ2v) is 8.98. The lowest BCUT2D eigenvalue weighted by Crippen LogP contribution is -2.05. The molecule has 154 valence electrons. The summed E-state index contributed by atoms with van der Waals surface area (Å²) in [7, 11) is 0. The lowest BCUT2D eigenvalue weighted by molar-refractivity contribution is 0.373. The Hall–Kier alpha value is -2.64. The quantitative estimate of drug-likeness (QED) is 0.328. The van der Waals surface area contributed by atoms with E-state index >= 15 is 0 Å². The molecule has 0 fully saturated rings. The van der Waals surface area contributed by atoms with Gasteiger partial charge >= 0.3 is 0 Å². The van der Waals surface area contributed by atoms with E-state index in [1.54, 1.807) is 0 Å². The fraction of sp³-hybridized carbons (Fsp3) is 0.273. The summed E-state index contributed by atoms with van der Waals surface area (Å²) in [5.74, 6) is 2.23. The van der Waals surface area contributed by atoms with Gasteiger partial charge in [0.2, 0.25) is 5.89 Å². The maximum absolute atomic E-state index is 6.46. The maximum atomic E-state index is 6.46. The SMILES string of the molecule is CC(C)c1noc(C(C)Sc2nnc(-c3ccccc3Cl)n2Cc2ccccc2)n1. The molecule has 0 radical (unpaired) electrons. The van der Waals surface area contributed by atoms with Crippen LogP contribution in [-0.2, 0) is 6.54 Å². The predicted molar refractivity (Wildman–Crippen MR) is 119 cm³/mol. The highest BCUT2D eigenvalue weighted by Crippen LogP contribution is 2.36. The maximum Gasteiger partial charge on any atom is 0.239 e. The first-order valence-corrected chi connectivity index (χ1v) is 11.0. The number of nitrogens with zero attached hydrogens (tertiary/aromatic N) is 5. The summed E-state index contributed by atoms with van der Waals surface area (Å²) < 4.78 is 7.55. The smallest absolute Gasteiger partial charge is 0.239 e. The van der Waals surface area contributed by atoms with Gasteiger partial charge in [-0.15, -0.1) is 10.2 Å². The number of halogens is 1. The number of rotatable bonds is 7. The number of benzene rings is 2. The number of thioether (sulfide) groups is 1. The number of hydrogen-bond donors (Lipinski definition) is 0. The number of aromatic nitrogens is 5. The second-order valence-electron chi connectivity index (χ2n) is 7.26. The van der Waals surface area contributed by atoms with Crippen LogP contribution in [0.4, 0.5) is 0 Å². The van der Waals surface area contributed by atoms with Gasteiger partial charge in [-0.1, -0.05) is 84.8 Å². The van der Waals surface area contributed by atoms with E-state index in [2.05, 4.69) is 37.0 Å². The molecule has 0 saturated heterocycles. The van der Waals surface area contributed by atoms with Crippen molar-refractivity contribution in [3.05, 3.63) is 76.9 Å². The van der Waals surface area contributed by atoms with Crippen molar-refractivity contribution in [1.29, 1.82) is 0 Å². The zero-order chi connectivity index (χ0) is 21.1. The van der Waals surface area contributed by atoms with Crippen molar-refractivity contribution in [3.63, 3.8) is 0 Å². The molecule has 2 aromatic heterocycles. The standard InChI is InChI=1S/C22H22ClN5OS/c1-14(2)19-24-21(29-27-19)15(3)30-22-26-25-20(17-11-7-8-12-18(17)23)28(22)13-16-9-5-4-6-10-16/h4-12,14-15H,13H2,1-3H3. The van der Waals surface area contributed by atoms with E-state index in [0.717, 1.165) is 22.1 Å². The zero-order valence-electron chi connectivity index (χ0n) is 17.0. The first kappa shape index (κ1) is 20.6. The van der Waals surface area contributed by atoms with Gasteiger partial charge in [0, 0.05) is 11.5 Å². The molecule has 0 aliphatic rings. The molecule has 1 unspecified atom stereocenters. The molecule has 0 aliphatic carbocycles. The molecular formula is C22H22ClN5OS. The van der Waals surface area contributed by atoms with Crippen LogP contribution in [-0.4, -0.2) is 24.9 Å². The highest BCUT2D eigenvalue weighted by atomic mass is 35.5. The molecule has 0 amide bonds. The van der Waals surface area contributed by atoms with E-state index in [1.807, 2.05) is 63.2 Å². The van der Waals surface area contributed by atoms with Crippen molar-refractivity contribution in [2.45, 2.75) is 43.6 Å². The highest BCUT2D eigenvalue weighted by molar-refractivity contribution is 7.99. The lowest BCUT2D eigenvalue weighted by Gasteiger charge is -2.12. The molecule has 30 heavy (non-hydrogen) atoms. The van der Waals surface area contributed by atoms with Crippen LogP contribution in [0.15, 0.2) is 64.3 Å². The molecule has 6 nitrogen and oxygen atoms in total. The van der Waals surface area contributed by atoms with Crippen LogP contribution in [0.25, 0.3) is 11.4 Å². The molecule has 0 aliphatic heterocycles. The number of hydrogen-bond acceptors (Lipinski definition) is 6. The van der Waals surface area contributed by atoms with E-state index in [-0.39, 0.29) is 11.2 Å². The van der Waals surface area contributed by atoms with Gasteiger partial charge in [-0.3, -0.25) is 4.57 Å². The highest BCUT2D eigenvalue weighted by Gasteiger charge is 2.22. The fourth-order valence-corrected chi connectivity index (χ4v) is 4.08. The molecule has 0 saturated carbocycles. The van der Waals surface area contributed by atoms with E-state index in [9.17, 15) is 0 Å². The minimum absolute atomic E-state index is 0.0668. The summed E-state index contributed by atoms with van der Waals surface area (Å²) in [6.45, 7) is 6.74. The topological polar surface area (TPSA) is 69.6 Å². The van der Waals surface area contributed by atoms with Crippen molar-refractivity contribution in [2.75, 3.05) is 0 Å². The van der Waals surface area contributed by atoms with Crippen molar-refractivity contribution in [3.8, 4) is 11.4 Å². The van der Waals surface area contributed by atoms with Crippen LogP contribution < -0.4 is 0 Å². The van der Waals surface area contributed by atoms with Gasteiger partial charge < -0.3 is 4.52 Å². The Morgan fingerprint density at radius 1 is 1.00 bits per heavy atom. The Labute approximate surface area is 184 Å². The minimum atomic E-state index is -0.0668. The van der Waals surface area contributed by atoms with Gasteiger partial charge in [-0.25, -0.2) is 0 Å². The second kappa shape index (κ2) is 9.02. The van der Waals surface area contributed by atoms with E-state index in [4.69, 9.17) is 16.1 Å². The first-order chi connectivity index (χ1) is 14.5. The summed E-state index contributed by atoms with van der Waals surface area (Å²) in [6.07, 6.45) is 0. The van der Waals surface area contributed by atoms with Gasteiger partial charge in [-0.05, 0) is 24.6 Å². The van der Waals surface area contributed by atoms with Crippen LogP contribution >= 0.6 is 23.4 Å². The summed E-state index contributed by atoms with van der Waals surface area (Å²) in [5, 5.41) is 14.3. The Balaban J connectivity index is 1.69. The third-order valence-electron chi connectivity index (χ3n) is 4.62. The van der Waals surface area contributed by atoms with Gasteiger partial charge in [0.1, 0.15) is 0 Å². The first-order valence-electron chi connectivity index (χ1n) is 9.75.